The molecule has 0 radical (unpaired) electrons. The van der Waals surface area contributed by atoms with Gasteiger partial charge in [0.05, 0.1) is 13.1 Å². The molecule has 1 aromatic heterocycles. The molecule has 0 bridgehead atoms. The summed E-state index contributed by atoms with van der Waals surface area (Å²) in [5.41, 5.74) is -1.57. The van der Waals surface area contributed by atoms with Gasteiger partial charge in [0.1, 0.15) is 35.7 Å². The van der Waals surface area contributed by atoms with Gasteiger partial charge >= 0.3 is 0 Å². The molecule has 150 valence electrons. The minimum Gasteiger partial charge on any atom is -0.382 e. The largest absolute Gasteiger partial charge is 0.382 e. The van der Waals surface area contributed by atoms with Crippen LogP contribution < -0.4 is 0 Å². The predicted octanol–water partition coefficient (Wildman–Crippen LogP) is 2.72. The van der Waals surface area contributed by atoms with Gasteiger partial charge in [0.2, 0.25) is 0 Å². The van der Waals surface area contributed by atoms with E-state index in [2.05, 4.69) is 16.0 Å². The maximum absolute atomic E-state index is 14.5. The fourth-order valence-corrected chi connectivity index (χ4v) is 3.20. The zero-order valence-electron chi connectivity index (χ0n) is 15.5. The number of hydrogen-bond donors (Lipinski definition) is 1. The van der Waals surface area contributed by atoms with Crippen LogP contribution in [0.25, 0.3) is 0 Å². The van der Waals surface area contributed by atoms with Crippen LogP contribution >= 0.6 is 0 Å². The van der Waals surface area contributed by atoms with Crippen LogP contribution in [0.15, 0.2) is 55.1 Å². The number of terminal acetylenes is 1. The molecular formula is C21H19F3N4O. The van der Waals surface area contributed by atoms with Crippen molar-refractivity contribution in [3.05, 3.63) is 83.7 Å². The van der Waals surface area contributed by atoms with Crippen molar-refractivity contribution in [3.63, 3.8) is 0 Å². The Hall–Kier alpha value is -3.15. The molecule has 3 aromatic rings. The Morgan fingerprint density at radius 2 is 1.93 bits per heavy atom. The smallest absolute Gasteiger partial charge is 0.137 e. The Balaban J connectivity index is 1.95. The van der Waals surface area contributed by atoms with Gasteiger partial charge in [-0.05, 0) is 12.1 Å². The van der Waals surface area contributed by atoms with E-state index in [1.165, 1.54) is 29.5 Å². The molecule has 1 unspecified atom stereocenters. The molecule has 0 aliphatic carbocycles. The van der Waals surface area contributed by atoms with Gasteiger partial charge in [-0.3, -0.25) is 4.90 Å². The van der Waals surface area contributed by atoms with Gasteiger partial charge < -0.3 is 5.11 Å². The lowest BCUT2D eigenvalue weighted by Crippen LogP contribution is -2.44. The lowest BCUT2D eigenvalue weighted by Gasteiger charge is -2.34. The van der Waals surface area contributed by atoms with Gasteiger partial charge in [0.15, 0.2) is 0 Å². The van der Waals surface area contributed by atoms with E-state index in [-0.39, 0.29) is 31.7 Å². The van der Waals surface area contributed by atoms with Crippen molar-refractivity contribution in [2.45, 2.75) is 18.7 Å². The Kier molecular flexibility index (Phi) is 6.32. The van der Waals surface area contributed by atoms with Crippen LogP contribution in [0.1, 0.15) is 11.1 Å². The van der Waals surface area contributed by atoms with Gasteiger partial charge in [-0.1, -0.05) is 30.2 Å². The third kappa shape index (κ3) is 5.02. The second-order valence-electron chi connectivity index (χ2n) is 6.69. The normalized spacial score (nSPS) is 13.2. The van der Waals surface area contributed by atoms with Gasteiger partial charge in [0, 0.05) is 30.3 Å². The molecule has 0 spiro atoms. The first-order valence-corrected chi connectivity index (χ1v) is 8.81. The monoisotopic (exact) mass is 400 g/mol. The maximum atomic E-state index is 14.5. The molecule has 1 N–H and O–H groups in total. The molecule has 0 aliphatic heterocycles. The Morgan fingerprint density at radius 3 is 2.59 bits per heavy atom. The van der Waals surface area contributed by atoms with Crippen molar-refractivity contribution in [2.75, 3.05) is 13.1 Å². The van der Waals surface area contributed by atoms with Crippen LogP contribution in [0.2, 0.25) is 0 Å². The van der Waals surface area contributed by atoms with Crippen molar-refractivity contribution in [1.29, 1.82) is 0 Å². The number of benzene rings is 2. The molecular weight excluding hydrogens is 381 g/mol. The van der Waals surface area contributed by atoms with Gasteiger partial charge in [-0.15, -0.1) is 6.42 Å². The van der Waals surface area contributed by atoms with E-state index in [0.717, 1.165) is 6.07 Å². The number of nitrogens with zero attached hydrogens (tertiary/aromatic N) is 4. The first-order chi connectivity index (χ1) is 13.9. The second-order valence-corrected chi connectivity index (χ2v) is 6.69. The van der Waals surface area contributed by atoms with Crippen LogP contribution in [0.3, 0.4) is 0 Å². The Labute approximate surface area is 166 Å². The summed E-state index contributed by atoms with van der Waals surface area (Å²) in [6, 6.07) is 9.13. The molecule has 0 saturated heterocycles. The average Bonchev–Trinajstić information content (AvgIpc) is 3.16. The summed E-state index contributed by atoms with van der Waals surface area (Å²) in [5.74, 6) is 0.387. The highest BCUT2D eigenvalue weighted by atomic mass is 19.1. The van der Waals surface area contributed by atoms with Crippen molar-refractivity contribution < 1.29 is 18.3 Å². The molecule has 0 amide bonds. The molecule has 5 nitrogen and oxygen atoms in total. The summed E-state index contributed by atoms with van der Waals surface area (Å²) in [5, 5.41) is 15.4. The summed E-state index contributed by atoms with van der Waals surface area (Å²) >= 11 is 0. The van der Waals surface area contributed by atoms with E-state index >= 15 is 0 Å². The van der Waals surface area contributed by atoms with E-state index in [1.54, 1.807) is 23.1 Å². The van der Waals surface area contributed by atoms with Gasteiger partial charge in [0.25, 0.3) is 0 Å². The lowest BCUT2D eigenvalue weighted by molar-refractivity contribution is -0.0207. The minimum absolute atomic E-state index is 0.0802. The molecule has 1 heterocycles. The highest BCUT2D eigenvalue weighted by Gasteiger charge is 2.35. The third-order valence-electron chi connectivity index (χ3n) is 4.47. The molecule has 3 rings (SSSR count). The SMILES string of the molecule is C#CCN(Cc1ccccc1F)CC(O)(Cn1cncn1)c1ccc(F)cc1F. The topological polar surface area (TPSA) is 54.2 Å². The summed E-state index contributed by atoms with van der Waals surface area (Å²) in [6.45, 7) is -0.127. The third-order valence-corrected chi connectivity index (χ3v) is 4.47. The molecule has 29 heavy (non-hydrogen) atoms. The highest BCUT2D eigenvalue weighted by molar-refractivity contribution is 5.26. The van der Waals surface area contributed by atoms with Crippen LogP contribution in [0.4, 0.5) is 13.2 Å². The Bertz CT molecular complexity index is 1000. The number of aliphatic hydroxyl groups is 1. The summed E-state index contributed by atoms with van der Waals surface area (Å²) < 4.78 is 43.4. The molecule has 0 aliphatic rings. The van der Waals surface area contributed by atoms with Crippen LogP contribution in [-0.2, 0) is 18.7 Å². The first kappa shape index (κ1) is 20.6. The summed E-state index contributed by atoms with van der Waals surface area (Å²) in [7, 11) is 0. The van der Waals surface area contributed by atoms with E-state index in [9.17, 15) is 18.3 Å². The van der Waals surface area contributed by atoms with E-state index in [0.29, 0.717) is 11.6 Å². The number of hydrogen-bond acceptors (Lipinski definition) is 4. The fraction of sp³-hybridized carbons (Fsp3) is 0.238. The number of rotatable bonds is 8. The van der Waals surface area contributed by atoms with Gasteiger partial charge in [-0.25, -0.2) is 22.8 Å². The molecule has 2 aromatic carbocycles. The van der Waals surface area contributed by atoms with Crippen molar-refractivity contribution >= 4 is 0 Å². The highest BCUT2D eigenvalue weighted by Crippen LogP contribution is 2.28. The first-order valence-electron chi connectivity index (χ1n) is 8.81. The van der Waals surface area contributed by atoms with Crippen molar-refractivity contribution in [3.8, 4) is 12.3 Å². The maximum Gasteiger partial charge on any atom is 0.137 e. The summed E-state index contributed by atoms with van der Waals surface area (Å²) in [4.78, 5) is 5.43. The lowest BCUT2D eigenvalue weighted by atomic mass is 9.92. The van der Waals surface area contributed by atoms with Crippen LogP contribution in [-0.4, -0.2) is 37.9 Å². The number of aromatic nitrogens is 3. The second kappa shape index (κ2) is 8.90. The zero-order valence-corrected chi connectivity index (χ0v) is 15.5. The quantitative estimate of drug-likeness (QED) is 0.591. The molecule has 1 atom stereocenters. The van der Waals surface area contributed by atoms with Crippen LogP contribution in [0.5, 0.6) is 0 Å². The van der Waals surface area contributed by atoms with Gasteiger partial charge in [-0.2, -0.15) is 5.10 Å². The molecule has 8 heteroatoms. The fourth-order valence-electron chi connectivity index (χ4n) is 3.20. The molecule has 0 fully saturated rings. The Morgan fingerprint density at radius 1 is 1.14 bits per heavy atom. The number of halogens is 3. The van der Waals surface area contributed by atoms with Crippen molar-refractivity contribution in [1.82, 2.24) is 19.7 Å². The van der Waals surface area contributed by atoms with Crippen molar-refractivity contribution in [2.24, 2.45) is 0 Å². The summed E-state index contributed by atoms with van der Waals surface area (Å²) in [6.07, 6.45) is 8.09. The molecule has 0 saturated carbocycles. The van der Waals surface area contributed by atoms with Crippen LogP contribution in [0, 0.1) is 29.8 Å². The predicted molar refractivity (Wildman–Crippen MR) is 101 cm³/mol. The van der Waals surface area contributed by atoms with E-state index in [1.807, 2.05) is 0 Å². The average molecular weight is 400 g/mol. The zero-order chi connectivity index (χ0) is 20.9. The van der Waals surface area contributed by atoms with E-state index in [4.69, 9.17) is 6.42 Å². The standard InChI is InChI=1S/C21H19F3N4O/c1-2-9-27(11-16-5-3-4-6-19(16)23)12-21(29,13-28-15-25-14-26-28)18-8-7-17(22)10-20(18)24/h1,3-8,10,14-15,29H,9,11-13H2. The van der Waals surface area contributed by atoms with E-state index < -0.39 is 23.1 Å². The minimum atomic E-state index is -1.83.